The Bertz CT molecular complexity index is 1870. The van der Waals surface area contributed by atoms with E-state index in [1.54, 1.807) is 32.0 Å². The summed E-state index contributed by atoms with van der Waals surface area (Å²) in [6.45, 7) is 41.4. The van der Waals surface area contributed by atoms with Crippen molar-refractivity contribution in [2.75, 3.05) is 0 Å². The first-order chi connectivity index (χ1) is 22.9. The molecule has 0 radical (unpaired) electrons. The fraction of sp³-hybridized carbons (Fsp3) is 0.531. The van der Waals surface area contributed by atoms with Crippen LogP contribution in [0.3, 0.4) is 0 Å². The molecule has 2 aliphatic rings. The van der Waals surface area contributed by atoms with Gasteiger partial charge in [0.1, 0.15) is 0 Å². The van der Waals surface area contributed by atoms with Crippen molar-refractivity contribution in [3.05, 3.63) is 108 Å². The van der Waals surface area contributed by atoms with E-state index in [1.807, 2.05) is 0 Å². The molecule has 0 fully saturated rings. The van der Waals surface area contributed by atoms with Gasteiger partial charge in [-0.1, -0.05) is 0 Å². The number of allylic oxidation sites excluding steroid dienone is 4. The molecule has 0 N–H and O–H groups in total. The second-order valence-electron chi connectivity index (χ2n) is 20.7. The third kappa shape index (κ3) is 7.52. The zero-order valence-electron chi connectivity index (χ0n) is 35.0. The van der Waals surface area contributed by atoms with Crippen molar-refractivity contribution in [2.45, 2.75) is 159 Å². The van der Waals surface area contributed by atoms with Crippen LogP contribution in [-0.2, 0) is 49.3 Å². The number of hydrogen-bond acceptors (Lipinski definition) is 0. The van der Waals surface area contributed by atoms with Crippen molar-refractivity contribution in [3.63, 3.8) is 0 Å². The Kier molecular flexibility index (Phi) is 10.5. The van der Waals surface area contributed by atoms with E-state index < -0.39 is 21.3 Å². The van der Waals surface area contributed by atoms with Crippen molar-refractivity contribution in [1.82, 2.24) is 0 Å². The zero-order valence-corrected chi connectivity index (χ0v) is 37.4. The van der Waals surface area contributed by atoms with Crippen molar-refractivity contribution in [2.24, 2.45) is 11.3 Å². The summed E-state index contributed by atoms with van der Waals surface area (Å²) in [6, 6.07) is 19.4. The first-order valence-electron chi connectivity index (χ1n) is 19.5. The molecule has 3 aromatic carbocycles. The predicted octanol–water partition coefficient (Wildman–Crippen LogP) is 13.2. The van der Waals surface area contributed by atoms with Gasteiger partial charge in [0.15, 0.2) is 0 Å². The minimum absolute atomic E-state index is 0.0113. The third-order valence-corrected chi connectivity index (χ3v) is 19.0. The van der Waals surface area contributed by atoms with Gasteiger partial charge in [-0.2, -0.15) is 0 Å². The molecule has 50 heavy (non-hydrogen) atoms. The molecule has 1 heteroatoms. The van der Waals surface area contributed by atoms with E-state index in [2.05, 4.69) is 178 Å². The first-order valence-corrected chi connectivity index (χ1v) is 23.1. The molecule has 2 aliphatic carbocycles. The van der Waals surface area contributed by atoms with Crippen LogP contribution in [0.4, 0.5) is 0 Å². The molecule has 0 aliphatic heterocycles. The summed E-state index contributed by atoms with van der Waals surface area (Å²) in [5.74, 6) is 0.521. The predicted molar refractivity (Wildman–Crippen MR) is 219 cm³/mol. The SMILES string of the molecule is CCCC1C=C(C(C)(C)C)C=[C]1/[Zr](=[C](\C)c1ccccc1)[c]1c2c(cc(C(C)(C)C)c1C(C)(C)C)-c1cc(C(C)(C)C)c(C(C)(C)C)cc1C2. The van der Waals surface area contributed by atoms with E-state index in [1.165, 1.54) is 46.2 Å². The van der Waals surface area contributed by atoms with Gasteiger partial charge >= 0.3 is 317 Å². The molecular weight excluding hydrogens is 680 g/mol. The van der Waals surface area contributed by atoms with Crippen molar-refractivity contribution < 1.29 is 21.3 Å². The topological polar surface area (TPSA) is 0 Å². The average molecular weight is 748 g/mol. The van der Waals surface area contributed by atoms with Gasteiger partial charge in [0.2, 0.25) is 0 Å². The van der Waals surface area contributed by atoms with E-state index in [9.17, 15) is 0 Å². The molecule has 0 bridgehead atoms. The van der Waals surface area contributed by atoms with Crippen LogP contribution < -0.4 is 3.27 Å². The summed E-state index contributed by atoms with van der Waals surface area (Å²) in [7, 11) is 0. The van der Waals surface area contributed by atoms with Crippen LogP contribution in [0.15, 0.2) is 69.5 Å². The average Bonchev–Trinajstić information content (AvgIpc) is 3.56. The number of fused-ring (bicyclic) bond motifs is 3. The summed E-state index contributed by atoms with van der Waals surface area (Å²) < 4.78 is 5.25. The van der Waals surface area contributed by atoms with Crippen LogP contribution in [0, 0.1) is 11.3 Å². The van der Waals surface area contributed by atoms with Gasteiger partial charge < -0.3 is 0 Å². The molecule has 0 spiro atoms. The fourth-order valence-corrected chi connectivity index (χ4v) is 17.7. The minimum atomic E-state index is -2.83. The number of rotatable bonds is 5. The van der Waals surface area contributed by atoms with Crippen LogP contribution in [0.2, 0.25) is 0 Å². The summed E-state index contributed by atoms with van der Waals surface area (Å²) >= 11 is -2.83. The first kappa shape index (κ1) is 39.1. The molecule has 268 valence electrons. The maximum atomic E-state index is 2.72. The van der Waals surface area contributed by atoms with E-state index in [-0.39, 0.29) is 27.1 Å². The van der Waals surface area contributed by atoms with Crippen LogP contribution >= 0.6 is 0 Å². The van der Waals surface area contributed by atoms with Crippen LogP contribution in [0.1, 0.15) is 169 Å². The maximum absolute atomic E-state index is 2.83. The zero-order chi connectivity index (χ0) is 37.4. The van der Waals surface area contributed by atoms with Crippen molar-refractivity contribution in [1.29, 1.82) is 0 Å². The Balaban J connectivity index is 2.01. The Labute approximate surface area is 315 Å². The van der Waals surface area contributed by atoms with Gasteiger partial charge in [0.05, 0.1) is 0 Å². The number of hydrogen-bond donors (Lipinski definition) is 0. The molecule has 0 amide bonds. The second kappa shape index (κ2) is 13.4. The summed E-state index contributed by atoms with van der Waals surface area (Å²) in [4.78, 5) is 0. The van der Waals surface area contributed by atoms with Crippen molar-refractivity contribution in [3.8, 4) is 11.1 Å². The van der Waals surface area contributed by atoms with E-state index in [0.717, 1.165) is 6.42 Å². The van der Waals surface area contributed by atoms with Gasteiger partial charge in [-0.15, -0.1) is 0 Å². The third-order valence-electron chi connectivity index (χ3n) is 11.2. The van der Waals surface area contributed by atoms with Crippen LogP contribution in [0.25, 0.3) is 11.1 Å². The van der Waals surface area contributed by atoms with E-state index in [0.29, 0.717) is 5.92 Å². The standard InChI is InChI=1S/C29H41.C12H19.C8H8.Zr/c1-26(2,3)22-14-18-13-19-15-23(27(4,5)6)25(29(10,11)12)17-21(19)20(18)16-24(22)28(7,8)9;1-5-6-10-7-8-11(9-10)12(2,3)4;1-2-8-6-4-3-5-7-8;/h14,16-17H,13H2,1-12H3;8-10H,5-6H2,1-4H3;3-7H,1H3;. The van der Waals surface area contributed by atoms with Gasteiger partial charge in [0.25, 0.3) is 0 Å². The van der Waals surface area contributed by atoms with Crippen molar-refractivity contribution >= 4 is 6.48 Å². The van der Waals surface area contributed by atoms with Gasteiger partial charge in [-0.05, 0) is 0 Å². The van der Waals surface area contributed by atoms with Gasteiger partial charge in [-0.3, -0.25) is 0 Å². The fourth-order valence-electron chi connectivity index (χ4n) is 8.55. The van der Waals surface area contributed by atoms with Gasteiger partial charge in [-0.25, -0.2) is 0 Å². The van der Waals surface area contributed by atoms with E-state index in [4.69, 9.17) is 0 Å². The normalized spacial score (nSPS) is 17.3. The van der Waals surface area contributed by atoms with E-state index >= 15 is 0 Å². The van der Waals surface area contributed by atoms with Gasteiger partial charge in [0, 0.05) is 0 Å². The monoisotopic (exact) mass is 746 g/mol. The molecular formula is C49H68Zr. The molecule has 3 aromatic rings. The molecule has 0 heterocycles. The molecule has 0 saturated heterocycles. The summed E-state index contributed by atoms with van der Waals surface area (Å²) in [5, 5.41) is 0. The summed E-state index contributed by atoms with van der Waals surface area (Å²) in [6.07, 6.45) is 8.88. The Hall–Kier alpha value is -2.11. The molecule has 0 aromatic heterocycles. The second-order valence-corrected chi connectivity index (χ2v) is 27.0. The Morgan fingerprint density at radius 1 is 0.660 bits per heavy atom. The van der Waals surface area contributed by atoms with Crippen LogP contribution in [0.5, 0.6) is 0 Å². The Morgan fingerprint density at radius 2 is 1.20 bits per heavy atom. The number of benzene rings is 3. The molecule has 5 rings (SSSR count). The Morgan fingerprint density at radius 3 is 1.70 bits per heavy atom. The molecule has 0 saturated carbocycles. The molecule has 1 unspecified atom stereocenters. The van der Waals surface area contributed by atoms with Crippen LogP contribution in [-0.4, -0.2) is 3.21 Å². The summed E-state index contributed by atoms with van der Waals surface area (Å²) in [5.41, 5.74) is 15.7. The molecule has 1 atom stereocenters. The quantitative estimate of drug-likeness (QED) is 0.191. The molecule has 0 nitrogen and oxygen atoms in total.